The molecule has 0 unspecified atom stereocenters. The second-order valence-electron chi connectivity index (χ2n) is 6.10. The van der Waals surface area contributed by atoms with Crippen LogP contribution in [-0.4, -0.2) is 21.6 Å². The highest BCUT2D eigenvalue weighted by Gasteiger charge is 2.15. The minimum absolute atomic E-state index is 0.284. The molecule has 0 radical (unpaired) electrons. The number of aryl methyl sites for hydroxylation is 1. The van der Waals surface area contributed by atoms with Gasteiger partial charge in [0.15, 0.2) is 5.65 Å². The van der Waals surface area contributed by atoms with E-state index in [9.17, 15) is 8.78 Å². The van der Waals surface area contributed by atoms with E-state index in [2.05, 4.69) is 5.10 Å². The van der Waals surface area contributed by atoms with Gasteiger partial charge in [-0.15, -0.1) is 0 Å². The number of rotatable bonds is 3. The standard InChI is InChI=1S/C19H16F2N4/c1-12-9-18-22-19(15-5-3-4-6-17(15)25(18)23-12)24(2)11-13-7-8-14(20)10-16(13)21/h3-10H,11H2,1-2H3. The van der Waals surface area contributed by atoms with Crippen LogP contribution in [0.1, 0.15) is 11.3 Å². The second kappa shape index (κ2) is 5.81. The van der Waals surface area contributed by atoms with Gasteiger partial charge in [-0.1, -0.05) is 18.2 Å². The Labute approximate surface area is 143 Å². The molecule has 2 heterocycles. The third-order valence-corrected chi connectivity index (χ3v) is 4.19. The lowest BCUT2D eigenvalue weighted by Gasteiger charge is -2.21. The number of benzene rings is 2. The van der Waals surface area contributed by atoms with E-state index in [4.69, 9.17) is 4.98 Å². The lowest BCUT2D eigenvalue weighted by atomic mass is 10.1. The Morgan fingerprint density at radius 2 is 1.88 bits per heavy atom. The molecule has 4 nitrogen and oxygen atoms in total. The molecule has 4 aromatic rings. The highest BCUT2D eigenvalue weighted by atomic mass is 19.1. The van der Waals surface area contributed by atoms with E-state index in [-0.39, 0.29) is 6.54 Å². The fourth-order valence-electron chi connectivity index (χ4n) is 3.03. The Bertz CT molecular complexity index is 1090. The fourth-order valence-corrected chi connectivity index (χ4v) is 3.03. The van der Waals surface area contributed by atoms with Gasteiger partial charge in [0.05, 0.1) is 11.2 Å². The van der Waals surface area contributed by atoms with E-state index in [1.54, 1.807) is 4.52 Å². The van der Waals surface area contributed by atoms with E-state index in [1.807, 2.05) is 49.2 Å². The van der Waals surface area contributed by atoms with Crippen LogP contribution < -0.4 is 4.90 Å². The lowest BCUT2D eigenvalue weighted by molar-refractivity contribution is 0.571. The first-order valence-corrected chi connectivity index (χ1v) is 7.93. The van der Waals surface area contributed by atoms with E-state index in [1.165, 1.54) is 12.1 Å². The molecule has 25 heavy (non-hydrogen) atoms. The third-order valence-electron chi connectivity index (χ3n) is 4.19. The molecule has 0 N–H and O–H groups in total. The van der Waals surface area contributed by atoms with Gasteiger partial charge in [-0.25, -0.2) is 18.3 Å². The zero-order valence-electron chi connectivity index (χ0n) is 13.9. The topological polar surface area (TPSA) is 33.4 Å². The van der Waals surface area contributed by atoms with Crippen molar-refractivity contribution in [3.8, 4) is 0 Å². The van der Waals surface area contributed by atoms with Crippen LogP contribution in [0.4, 0.5) is 14.6 Å². The Hall–Kier alpha value is -3.02. The van der Waals surface area contributed by atoms with Gasteiger partial charge in [-0.3, -0.25) is 0 Å². The van der Waals surface area contributed by atoms with E-state index in [0.717, 1.165) is 34.1 Å². The molecule has 2 aromatic heterocycles. The Morgan fingerprint density at radius 3 is 2.68 bits per heavy atom. The molecule has 126 valence electrons. The van der Waals surface area contributed by atoms with Gasteiger partial charge < -0.3 is 4.90 Å². The molecular weight excluding hydrogens is 322 g/mol. The molecule has 0 aliphatic rings. The van der Waals surface area contributed by atoms with Gasteiger partial charge in [0.2, 0.25) is 0 Å². The fraction of sp³-hybridized carbons (Fsp3) is 0.158. The summed E-state index contributed by atoms with van der Waals surface area (Å²) in [5.74, 6) is -0.409. The smallest absolute Gasteiger partial charge is 0.158 e. The second-order valence-corrected chi connectivity index (χ2v) is 6.10. The number of para-hydroxylation sites is 1. The van der Waals surface area contributed by atoms with Gasteiger partial charge in [0, 0.05) is 36.7 Å². The van der Waals surface area contributed by atoms with Crippen molar-refractivity contribution in [1.82, 2.24) is 14.6 Å². The van der Waals surface area contributed by atoms with Crippen LogP contribution in [0.2, 0.25) is 0 Å². The molecule has 0 atom stereocenters. The number of anilines is 1. The minimum atomic E-state index is -0.580. The molecule has 0 amide bonds. The Kier molecular flexibility index (Phi) is 3.60. The summed E-state index contributed by atoms with van der Waals surface area (Å²) in [7, 11) is 1.84. The minimum Gasteiger partial charge on any atom is -0.355 e. The van der Waals surface area contributed by atoms with Crippen LogP contribution in [0.25, 0.3) is 16.6 Å². The van der Waals surface area contributed by atoms with Gasteiger partial charge in [-0.05, 0) is 25.1 Å². The predicted octanol–water partition coefficient (Wildman–Crippen LogP) is 4.11. The van der Waals surface area contributed by atoms with Gasteiger partial charge in [0.1, 0.15) is 17.5 Å². The first-order valence-electron chi connectivity index (χ1n) is 7.93. The van der Waals surface area contributed by atoms with Crippen molar-refractivity contribution in [2.75, 3.05) is 11.9 Å². The van der Waals surface area contributed by atoms with Crippen molar-refractivity contribution in [2.45, 2.75) is 13.5 Å². The van der Waals surface area contributed by atoms with Crippen LogP contribution in [-0.2, 0) is 6.54 Å². The molecule has 6 heteroatoms. The zero-order valence-corrected chi connectivity index (χ0v) is 13.9. The van der Waals surface area contributed by atoms with E-state index < -0.39 is 11.6 Å². The van der Waals surface area contributed by atoms with Crippen molar-refractivity contribution >= 4 is 22.4 Å². The van der Waals surface area contributed by atoms with Crippen LogP contribution in [0, 0.1) is 18.6 Å². The molecule has 0 bridgehead atoms. The zero-order chi connectivity index (χ0) is 17.6. The van der Waals surface area contributed by atoms with Crippen molar-refractivity contribution < 1.29 is 8.78 Å². The van der Waals surface area contributed by atoms with Crippen LogP contribution >= 0.6 is 0 Å². The largest absolute Gasteiger partial charge is 0.355 e. The number of hydrogen-bond acceptors (Lipinski definition) is 3. The maximum atomic E-state index is 14.0. The maximum absolute atomic E-state index is 14.0. The summed E-state index contributed by atoms with van der Waals surface area (Å²) in [6.07, 6.45) is 0. The monoisotopic (exact) mass is 338 g/mol. The summed E-state index contributed by atoms with van der Waals surface area (Å²) in [4.78, 5) is 6.56. The molecule has 0 aliphatic heterocycles. The number of hydrogen-bond donors (Lipinski definition) is 0. The van der Waals surface area contributed by atoms with Crippen molar-refractivity contribution in [3.63, 3.8) is 0 Å². The molecule has 2 aromatic carbocycles. The average molecular weight is 338 g/mol. The highest BCUT2D eigenvalue weighted by Crippen LogP contribution is 2.27. The quantitative estimate of drug-likeness (QED) is 0.564. The maximum Gasteiger partial charge on any atom is 0.158 e. The first-order chi connectivity index (χ1) is 12.0. The SMILES string of the molecule is Cc1cc2nc(N(C)Cc3ccc(F)cc3F)c3ccccc3n2n1. The summed E-state index contributed by atoms with van der Waals surface area (Å²) in [6, 6.07) is 13.4. The highest BCUT2D eigenvalue weighted by molar-refractivity contribution is 5.91. The lowest BCUT2D eigenvalue weighted by Crippen LogP contribution is -2.19. The molecular formula is C19H16F2N4. The summed E-state index contributed by atoms with van der Waals surface area (Å²) in [6.45, 7) is 2.20. The summed E-state index contributed by atoms with van der Waals surface area (Å²) in [5.41, 5.74) is 2.96. The Balaban J connectivity index is 1.83. The van der Waals surface area contributed by atoms with Gasteiger partial charge in [0.25, 0.3) is 0 Å². The van der Waals surface area contributed by atoms with Crippen LogP contribution in [0.3, 0.4) is 0 Å². The summed E-state index contributed by atoms with van der Waals surface area (Å²) >= 11 is 0. The van der Waals surface area contributed by atoms with E-state index in [0.29, 0.717) is 5.56 Å². The number of fused-ring (bicyclic) bond motifs is 3. The number of aromatic nitrogens is 3. The number of nitrogens with zero attached hydrogens (tertiary/aromatic N) is 4. The molecule has 0 aliphatic carbocycles. The van der Waals surface area contributed by atoms with Crippen LogP contribution in [0.5, 0.6) is 0 Å². The van der Waals surface area contributed by atoms with Gasteiger partial charge in [-0.2, -0.15) is 5.10 Å². The molecule has 0 spiro atoms. The molecule has 0 fully saturated rings. The third kappa shape index (κ3) is 2.69. The summed E-state index contributed by atoms with van der Waals surface area (Å²) < 4.78 is 28.9. The molecule has 0 saturated carbocycles. The summed E-state index contributed by atoms with van der Waals surface area (Å²) in [5, 5.41) is 5.40. The Morgan fingerprint density at radius 1 is 1.08 bits per heavy atom. The van der Waals surface area contributed by atoms with Gasteiger partial charge >= 0.3 is 0 Å². The van der Waals surface area contributed by atoms with Crippen molar-refractivity contribution in [3.05, 3.63) is 71.4 Å². The van der Waals surface area contributed by atoms with E-state index >= 15 is 0 Å². The average Bonchev–Trinajstić information content (AvgIpc) is 2.97. The van der Waals surface area contributed by atoms with Crippen molar-refractivity contribution in [2.24, 2.45) is 0 Å². The normalized spacial score (nSPS) is 11.4. The number of halogens is 2. The van der Waals surface area contributed by atoms with Crippen LogP contribution in [0.15, 0.2) is 48.5 Å². The molecule has 4 rings (SSSR count). The predicted molar refractivity (Wildman–Crippen MR) is 93.7 cm³/mol. The molecule has 0 saturated heterocycles. The van der Waals surface area contributed by atoms with Crippen molar-refractivity contribution in [1.29, 1.82) is 0 Å². The first kappa shape index (κ1) is 15.5.